The van der Waals surface area contributed by atoms with Crippen LogP contribution >= 0.6 is 0 Å². The number of furan rings is 1. The molecule has 3 heteroatoms. The van der Waals surface area contributed by atoms with E-state index in [2.05, 4.69) is 17.2 Å². The molecule has 2 rings (SSSR count). The van der Waals surface area contributed by atoms with Gasteiger partial charge in [-0.3, -0.25) is 4.98 Å². The fourth-order valence-corrected chi connectivity index (χ4v) is 1.57. The summed E-state index contributed by atoms with van der Waals surface area (Å²) in [6.07, 6.45) is 1.81. The Labute approximate surface area is 95.5 Å². The standard InChI is InChI=1S/C13H16N2O/c1-10-6-7-12(16-10)9-15-11(2)13-5-3-4-8-14-13/h3-8,11,15H,9H2,1-2H3. The molecule has 16 heavy (non-hydrogen) atoms. The Kier molecular flexibility index (Phi) is 3.37. The average molecular weight is 216 g/mol. The maximum Gasteiger partial charge on any atom is 0.117 e. The molecule has 0 spiro atoms. The summed E-state index contributed by atoms with van der Waals surface area (Å²) in [6, 6.07) is 10.1. The third-order valence-electron chi connectivity index (χ3n) is 2.51. The topological polar surface area (TPSA) is 38.1 Å². The van der Waals surface area contributed by atoms with Crippen LogP contribution in [0.3, 0.4) is 0 Å². The Hall–Kier alpha value is -1.61. The number of pyridine rings is 1. The highest BCUT2D eigenvalue weighted by molar-refractivity contribution is 5.09. The van der Waals surface area contributed by atoms with Crippen molar-refractivity contribution >= 4 is 0 Å². The Balaban J connectivity index is 1.91. The van der Waals surface area contributed by atoms with Crippen LogP contribution in [0, 0.1) is 6.92 Å². The van der Waals surface area contributed by atoms with E-state index in [-0.39, 0.29) is 6.04 Å². The Morgan fingerprint density at radius 1 is 1.31 bits per heavy atom. The van der Waals surface area contributed by atoms with Crippen LogP contribution in [0.4, 0.5) is 0 Å². The summed E-state index contributed by atoms with van der Waals surface area (Å²) in [5.41, 5.74) is 1.05. The zero-order chi connectivity index (χ0) is 11.4. The van der Waals surface area contributed by atoms with Gasteiger partial charge in [0.25, 0.3) is 0 Å². The SMILES string of the molecule is Cc1ccc(CNC(C)c2ccccn2)o1. The first-order chi connectivity index (χ1) is 7.75. The molecule has 0 aliphatic rings. The van der Waals surface area contributed by atoms with Gasteiger partial charge in [-0.25, -0.2) is 0 Å². The van der Waals surface area contributed by atoms with Crippen LogP contribution in [0.15, 0.2) is 40.9 Å². The monoisotopic (exact) mass is 216 g/mol. The molecule has 0 aromatic carbocycles. The summed E-state index contributed by atoms with van der Waals surface area (Å²) in [5.74, 6) is 1.91. The molecule has 0 bridgehead atoms. The van der Waals surface area contributed by atoms with Gasteiger partial charge in [0.1, 0.15) is 11.5 Å². The molecule has 1 N–H and O–H groups in total. The molecule has 0 aliphatic carbocycles. The van der Waals surface area contributed by atoms with Gasteiger partial charge in [0, 0.05) is 12.2 Å². The van der Waals surface area contributed by atoms with Crippen molar-refractivity contribution in [2.45, 2.75) is 26.4 Å². The number of hydrogen-bond donors (Lipinski definition) is 1. The highest BCUT2D eigenvalue weighted by Crippen LogP contribution is 2.11. The lowest BCUT2D eigenvalue weighted by Crippen LogP contribution is -2.18. The number of nitrogens with zero attached hydrogens (tertiary/aromatic N) is 1. The fourth-order valence-electron chi connectivity index (χ4n) is 1.57. The van der Waals surface area contributed by atoms with E-state index in [1.807, 2.05) is 43.5 Å². The summed E-state index contributed by atoms with van der Waals surface area (Å²) in [5, 5.41) is 3.37. The van der Waals surface area contributed by atoms with Crippen LogP contribution in [0.2, 0.25) is 0 Å². The van der Waals surface area contributed by atoms with Crippen molar-refractivity contribution in [3.63, 3.8) is 0 Å². The second kappa shape index (κ2) is 4.94. The smallest absolute Gasteiger partial charge is 0.117 e. The van der Waals surface area contributed by atoms with Crippen molar-refractivity contribution in [2.24, 2.45) is 0 Å². The van der Waals surface area contributed by atoms with Gasteiger partial charge in [0.05, 0.1) is 12.2 Å². The fraction of sp³-hybridized carbons (Fsp3) is 0.308. The molecule has 0 aliphatic heterocycles. The van der Waals surface area contributed by atoms with Gasteiger partial charge in [-0.1, -0.05) is 6.07 Å². The molecule has 0 amide bonds. The quantitative estimate of drug-likeness (QED) is 0.854. The van der Waals surface area contributed by atoms with Gasteiger partial charge in [-0.05, 0) is 38.1 Å². The molecular formula is C13H16N2O. The van der Waals surface area contributed by atoms with E-state index in [4.69, 9.17) is 4.42 Å². The van der Waals surface area contributed by atoms with Gasteiger partial charge in [-0.15, -0.1) is 0 Å². The zero-order valence-corrected chi connectivity index (χ0v) is 9.60. The first kappa shape index (κ1) is 10.9. The van der Waals surface area contributed by atoms with E-state index >= 15 is 0 Å². The van der Waals surface area contributed by atoms with E-state index in [0.29, 0.717) is 0 Å². The minimum atomic E-state index is 0.228. The highest BCUT2D eigenvalue weighted by Gasteiger charge is 2.06. The minimum Gasteiger partial charge on any atom is -0.465 e. The molecule has 1 unspecified atom stereocenters. The lowest BCUT2D eigenvalue weighted by molar-refractivity contribution is 0.442. The van der Waals surface area contributed by atoms with Crippen molar-refractivity contribution in [1.29, 1.82) is 0 Å². The normalized spacial score (nSPS) is 12.6. The van der Waals surface area contributed by atoms with Gasteiger partial charge < -0.3 is 9.73 Å². The Morgan fingerprint density at radius 3 is 2.81 bits per heavy atom. The molecule has 1 atom stereocenters. The number of aryl methyl sites for hydroxylation is 1. The van der Waals surface area contributed by atoms with E-state index in [9.17, 15) is 0 Å². The van der Waals surface area contributed by atoms with Crippen LogP contribution in [0.1, 0.15) is 30.2 Å². The number of nitrogens with one attached hydrogen (secondary N) is 1. The summed E-state index contributed by atoms with van der Waals surface area (Å²) < 4.78 is 5.49. The number of hydrogen-bond acceptors (Lipinski definition) is 3. The molecule has 2 heterocycles. The predicted octanol–water partition coefficient (Wildman–Crippen LogP) is 2.83. The van der Waals surface area contributed by atoms with Crippen molar-refractivity contribution in [1.82, 2.24) is 10.3 Å². The third kappa shape index (κ3) is 2.70. The summed E-state index contributed by atoms with van der Waals surface area (Å²) in [6.45, 7) is 4.77. The van der Waals surface area contributed by atoms with Crippen LogP contribution in [-0.2, 0) is 6.54 Å². The van der Waals surface area contributed by atoms with Gasteiger partial charge in [0.15, 0.2) is 0 Å². The van der Waals surface area contributed by atoms with Crippen molar-refractivity contribution in [3.8, 4) is 0 Å². The summed E-state index contributed by atoms with van der Waals surface area (Å²) >= 11 is 0. The molecule has 3 nitrogen and oxygen atoms in total. The molecule has 84 valence electrons. The number of rotatable bonds is 4. The average Bonchev–Trinajstić information content (AvgIpc) is 2.73. The van der Waals surface area contributed by atoms with E-state index < -0.39 is 0 Å². The minimum absolute atomic E-state index is 0.228. The molecular weight excluding hydrogens is 200 g/mol. The van der Waals surface area contributed by atoms with Gasteiger partial charge in [0.2, 0.25) is 0 Å². The van der Waals surface area contributed by atoms with Crippen molar-refractivity contribution in [2.75, 3.05) is 0 Å². The van der Waals surface area contributed by atoms with E-state index in [0.717, 1.165) is 23.8 Å². The first-order valence-electron chi connectivity index (χ1n) is 5.45. The lowest BCUT2D eigenvalue weighted by atomic mass is 10.2. The van der Waals surface area contributed by atoms with Crippen molar-refractivity contribution < 1.29 is 4.42 Å². The van der Waals surface area contributed by atoms with E-state index in [1.54, 1.807) is 0 Å². The van der Waals surface area contributed by atoms with Gasteiger partial charge >= 0.3 is 0 Å². The van der Waals surface area contributed by atoms with Crippen LogP contribution < -0.4 is 5.32 Å². The Bertz CT molecular complexity index is 436. The molecule has 0 radical (unpaired) electrons. The maximum absolute atomic E-state index is 5.49. The molecule has 0 saturated carbocycles. The molecule has 2 aromatic rings. The predicted molar refractivity (Wildman–Crippen MR) is 62.9 cm³/mol. The van der Waals surface area contributed by atoms with E-state index in [1.165, 1.54) is 0 Å². The molecule has 0 fully saturated rings. The maximum atomic E-state index is 5.49. The zero-order valence-electron chi connectivity index (χ0n) is 9.60. The van der Waals surface area contributed by atoms with Crippen LogP contribution in [0.25, 0.3) is 0 Å². The highest BCUT2D eigenvalue weighted by atomic mass is 16.3. The van der Waals surface area contributed by atoms with Crippen LogP contribution in [0.5, 0.6) is 0 Å². The summed E-state index contributed by atoms with van der Waals surface area (Å²) in [7, 11) is 0. The lowest BCUT2D eigenvalue weighted by Gasteiger charge is -2.11. The van der Waals surface area contributed by atoms with Gasteiger partial charge in [-0.2, -0.15) is 0 Å². The Morgan fingerprint density at radius 2 is 2.19 bits per heavy atom. The second-order valence-electron chi connectivity index (χ2n) is 3.87. The number of aromatic nitrogens is 1. The first-order valence-corrected chi connectivity index (χ1v) is 5.45. The molecule has 2 aromatic heterocycles. The largest absolute Gasteiger partial charge is 0.465 e. The van der Waals surface area contributed by atoms with Crippen LogP contribution in [-0.4, -0.2) is 4.98 Å². The second-order valence-corrected chi connectivity index (χ2v) is 3.87. The summed E-state index contributed by atoms with van der Waals surface area (Å²) in [4.78, 5) is 4.30. The third-order valence-corrected chi connectivity index (χ3v) is 2.51. The van der Waals surface area contributed by atoms with Crippen molar-refractivity contribution in [3.05, 3.63) is 53.7 Å². The molecule has 0 saturated heterocycles.